The van der Waals surface area contributed by atoms with Gasteiger partial charge in [-0.3, -0.25) is 9.10 Å². The minimum Gasteiger partial charge on any atom is -0.497 e. The van der Waals surface area contributed by atoms with Crippen LogP contribution in [0.15, 0.2) is 42.5 Å². The fourth-order valence-electron chi connectivity index (χ4n) is 3.56. The first-order valence-corrected chi connectivity index (χ1v) is 12.1. The maximum atomic E-state index is 12.9. The molecular weight excluding hydrogens is 432 g/mol. The van der Waals surface area contributed by atoms with Gasteiger partial charge in [-0.05, 0) is 63.2 Å². The minimum atomic E-state index is -3.35. The second-order valence-electron chi connectivity index (χ2n) is 8.52. The fraction of sp³-hybridized carbons (Fsp3) is 0.435. The number of nitrogens with one attached hydrogen (secondary N) is 1. The molecule has 8 nitrogen and oxygen atoms in total. The van der Waals surface area contributed by atoms with Crippen LogP contribution in [-0.2, 0) is 14.8 Å². The lowest BCUT2D eigenvalue weighted by molar-refractivity contribution is -0.128. The van der Waals surface area contributed by atoms with E-state index in [1.807, 2.05) is 32.0 Å². The van der Waals surface area contributed by atoms with Gasteiger partial charge in [-0.15, -0.1) is 0 Å². The third kappa shape index (κ3) is 5.45. The third-order valence-corrected chi connectivity index (χ3v) is 6.58. The second kappa shape index (κ2) is 8.90. The summed E-state index contributed by atoms with van der Waals surface area (Å²) in [6.45, 7) is 5.63. The van der Waals surface area contributed by atoms with E-state index in [4.69, 9.17) is 14.2 Å². The van der Waals surface area contributed by atoms with Gasteiger partial charge in [-0.25, -0.2) is 8.42 Å². The monoisotopic (exact) mass is 462 g/mol. The summed E-state index contributed by atoms with van der Waals surface area (Å²) in [4.78, 5) is 12.9. The summed E-state index contributed by atoms with van der Waals surface area (Å²) >= 11 is 0. The van der Waals surface area contributed by atoms with E-state index < -0.39 is 21.7 Å². The van der Waals surface area contributed by atoms with E-state index in [1.165, 1.54) is 11.4 Å². The molecule has 1 heterocycles. The first kappa shape index (κ1) is 23.7. The van der Waals surface area contributed by atoms with Gasteiger partial charge in [0.25, 0.3) is 5.91 Å². The predicted molar refractivity (Wildman–Crippen MR) is 123 cm³/mol. The molecule has 0 unspecified atom stereocenters. The zero-order chi connectivity index (χ0) is 23.7. The number of methoxy groups -OCH3 is 1. The Kier molecular flexibility index (Phi) is 6.59. The standard InChI is InChI=1S/C23H30N2O6S/c1-15(30-17-9-7-16(8-10-17)25(4)32(6,27)28)22(26)24-20-14-23(2,3)31-21-12-11-18(29-5)13-19(20)21/h7-13,15,20H,14H2,1-6H3,(H,24,26)/t15-,20-/m0/s1. The molecule has 1 aliphatic heterocycles. The summed E-state index contributed by atoms with van der Waals surface area (Å²) in [6.07, 6.45) is 0.973. The molecule has 0 bridgehead atoms. The van der Waals surface area contributed by atoms with Gasteiger partial charge in [0, 0.05) is 19.0 Å². The van der Waals surface area contributed by atoms with Crippen molar-refractivity contribution in [3.8, 4) is 17.2 Å². The molecule has 0 saturated heterocycles. The number of fused-ring (bicyclic) bond motifs is 1. The number of hydrogen-bond donors (Lipinski definition) is 1. The Morgan fingerprint density at radius 3 is 2.41 bits per heavy atom. The topological polar surface area (TPSA) is 94.2 Å². The lowest BCUT2D eigenvalue weighted by atomic mass is 9.89. The molecule has 1 amide bonds. The average Bonchev–Trinajstić information content (AvgIpc) is 2.72. The molecule has 0 saturated carbocycles. The third-order valence-electron chi connectivity index (χ3n) is 5.37. The van der Waals surface area contributed by atoms with Crippen LogP contribution in [0.2, 0.25) is 0 Å². The van der Waals surface area contributed by atoms with Crippen molar-refractivity contribution in [2.24, 2.45) is 0 Å². The summed E-state index contributed by atoms with van der Waals surface area (Å²) in [5.74, 6) is 1.60. The van der Waals surface area contributed by atoms with E-state index in [9.17, 15) is 13.2 Å². The number of carbonyl (C=O) groups excluding carboxylic acids is 1. The number of ether oxygens (including phenoxy) is 3. The Morgan fingerprint density at radius 1 is 1.19 bits per heavy atom. The molecule has 3 rings (SSSR count). The Balaban J connectivity index is 1.71. The maximum Gasteiger partial charge on any atom is 0.261 e. The predicted octanol–water partition coefficient (Wildman–Crippen LogP) is 3.28. The van der Waals surface area contributed by atoms with Crippen molar-refractivity contribution < 1.29 is 27.4 Å². The molecule has 1 aliphatic rings. The quantitative estimate of drug-likeness (QED) is 0.679. The molecule has 0 fully saturated rings. The molecule has 9 heteroatoms. The van der Waals surface area contributed by atoms with Crippen LogP contribution in [0.25, 0.3) is 0 Å². The highest BCUT2D eigenvalue weighted by Crippen LogP contribution is 2.41. The molecule has 1 N–H and O–H groups in total. The van der Waals surface area contributed by atoms with Crippen LogP contribution in [-0.4, -0.2) is 46.4 Å². The molecule has 174 valence electrons. The number of carbonyl (C=O) groups is 1. The van der Waals surface area contributed by atoms with E-state index in [-0.39, 0.29) is 11.9 Å². The van der Waals surface area contributed by atoms with Gasteiger partial charge in [0.05, 0.1) is 25.1 Å². The first-order chi connectivity index (χ1) is 14.9. The van der Waals surface area contributed by atoms with E-state index >= 15 is 0 Å². The number of hydrogen-bond acceptors (Lipinski definition) is 6. The van der Waals surface area contributed by atoms with Gasteiger partial charge in [-0.2, -0.15) is 0 Å². The molecule has 2 aromatic rings. The van der Waals surface area contributed by atoms with Crippen LogP contribution < -0.4 is 23.8 Å². The highest BCUT2D eigenvalue weighted by Gasteiger charge is 2.35. The second-order valence-corrected chi connectivity index (χ2v) is 10.5. The number of benzene rings is 2. The molecule has 0 aliphatic carbocycles. The average molecular weight is 463 g/mol. The van der Waals surface area contributed by atoms with Crippen LogP contribution >= 0.6 is 0 Å². The van der Waals surface area contributed by atoms with Gasteiger partial charge >= 0.3 is 0 Å². The smallest absolute Gasteiger partial charge is 0.261 e. The van der Waals surface area contributed by atoms with Crippen molar-refractivity contribution in [3.05, 3.63) is 48.0 Å². The zero-order valence-corrected chi connectivity index (χ0v) is 20.0. The molecule has 32 heavy (non-hydrogen) atoms. The lowest BCUT2D eigenvalue weighted by Gasteiger charge is -2.38. The summed E-state index contributed by atoms with van der Waals surface area (Å²) in [7, 11) is -0.281. The summed E-state index contributed by atoms with van der Waals surface area (Å²) in [5, 5.41) is 3.06. The molecule has 2 aromatic carbocycles. The number of anilines is 1. The van der Waals surface area contributed by atoms with Gasteiger partial charge in [0.15, 0.2) is 6.10 Å². The molecule has 0 spiro atoms. The van der Waals surface area contributed by atoms with Crippen molar-refractivity contribution in [3.63, 3.8) is 0 Å². The lowest BCUT2D eigenvalue weighted by Crippen LogP contribution is -2.44. The minimum absolute atomic E-state index is 0.256. The summed E-state index contributed by atoms with van der Waals surface area (Å²) < 4.78 is 41.7. The molecule has 0 aromatic heterocycles. The van der Waals surface area contributed by atoms with E-state index in [0.717, 1.165) is 11.8 Å². The number of amides is 1. The summed E-state index contributed by atoms with van der Waals surface area (Å²) in [6, 6.07) is 11.8. The van der Waals surface area contributed by atoms with Gasteiger partial charge in [-0.1, -0.05) is 0 Å². The zero-order valence-electron chi connectivity index (χ0n) is 19.2. The molecule has 0 radical (unpaired) electrons. The Hall–Kier alpha value is -2.94. The highest BCUT2D eigenvalue weighted by molar-refractivity contribution is 7.92. The van der Waals surface area contributed by atoms with Crippen LogP contribution in [0.3, 0.4) is 0 Å². The molecular formula is C23H30N2O6S. The Labute approximate surface area is 189 Å². The van der Waals surface area contributed by atoms with Crippen molar-refractivity contribution in [2.75, 3.05) is 24.7 Å². The number of nitrogens with zero attached hydrogens (tertiary/aromatic N) is 1. The Bertz CT molecular complexity index is 1080. The fourth-order valence-corrected chi connectivity index (χ4v) is 4.07. The first-order valence-electron chi connectivity index (χ1n) is 10.3. The normalized spacial score (nSPS) is 18.0. The van der Waals surface area contributed by atoms with Crippen LogP contribution in [0.4, 0.5) is 5.69 Å². The van der Waals surface area contributed by atoms with Crippen LogP contribution in [0.1, 0.15) is 38.8 Å². The van der Waals surface area contributed by atoms with Crippen molar-refractivity contribution in [2.45, 2.75) is 44.9 Å². The van der Waals surface area contributed by atoms with E-state index in [0.29, 0.717) is 29.4 Å². The summed E-state index contributed by atoms with van der Waals surface area (Å²) in [5.41, 5.74) is 0.926. The molecule has 2 atom stereocenters. The highest BCUT2D eigenvalue weighted by atomic mass is 32.2. The Morgan fingerprint density at radius 2 is 1.81 bits per heavy atom. The van der Waals surface area contributed by atoms with Crippen LogP contribution in [0, 0.1) is 0 Å². The number of sulfonamides is 1. The van der Waals surface area contributed by atoms with Crippen molar-refractivity contribution >= 4 is 21.6 Å². The van der Waals surface area contributed by atoms with Crippen molar-refractivity contribution in [1.82, 2.24) is 5.32 Å². The van der Waals surface area contributed by atoms with Crippen LogP contribution in [0.5, 0.6) is 17.2 Å². The maximum absolute atomic E-state index is 12.9. The van der Waals surface area contributed by atoms with E-state index in [2.05, 4.69) is 5.32 Å². The van der Waals surface area contributed by atoms with Gasteiger partial charge < -0.3 is 19.5 Å². The largest absolute Gasteiger partial charge is 0.497 e. The van der Waals surface area contributed by atoms with Crippen molar-refractivity contribution in [1.29, 1.82) is 0 Å². The van der Waals surface area contributed by atoms with Gasteiger partial charge in [0.2, 0.25) is 10.0 Å². The van der Waals surface area contributed by atoms with E-state index in [1.54, 1.807) is 38.3 Å². The SMILES string of the molecule is COc1ccc2c(c1)[C@@H](NC(=O)[C@H](C)Oc1ccc(N(C)S(C)(=O)=O)cc1)CC(C)(C)O2. The number of rotatable bonds is 7. The van der Waals surface area contributed by atoms with Gasteiger partial charge in [0.1, 0.15) is 22.8 Å².